The summed E-state index contributed by atoms with van der Waals surface area (Å²) in [5.74, 6) is -1.79. The van der Waals surface area contributed by atoms with Gasteiger partial charge < -0.3 is 39.6 Å². The van der Waals surface area contributed by atoms with Crippen LogP contribution in [0, 0.1) is 11.7 Å². The fourth-order valence-corrected chi connectivity index (χ4v) is 7.60. The number of rotatable bonds is 16. The summed E-state index contributed by atoms with van der Waals surface area (Å²) in [4.78, 5) is 51.5. The van der Waals surface area contributed by atoms with Gasteiger partial charge in [0.2, 0.25) is 5.91 Å². The molecule has 3 fully saturated rings. The minimum Gasteiger partial charge on any atom is -0.464 e. The third-order valence-corrected chi connectivity index (χ3v) is 10.3. The monoisotopic (exact) mass is 753 g/mol. The third kappa shape index (κ3) is 13.6. The minimum absolute atomic E-state index is 0.0513. The predicted molar refractivity (Wildman–Crippen MR) is 198 cm³/mol. The van der Waals surface area contributed by atoms with Gasteiger partial charge in [0.15, 0.2) is 5.79 Å². The number of nitrogens with one attached hydrogen (secondary N) is 3. The van der Waals surface area contributed by atoms with Gasteiger partial charge in [0.25, 0.3) is 0 Å². The maximum atomic E-state index is 13.3. The summed E-state index contributed by atoms with van der Waals surface area (Å²) in [6.45, 7) is 2.87. The Morgan fingerprint density at radius 2 is 1.63 bits per heavy atom. The highest BCUT2D eigenvalue weighted by Crippen LogP contribution is 2.41. The Kier molecular flexibility index (Phi) is 15.9. The molecule has 0 bridgehead atoms. The molecule has 13 heteroatoms. The molecule has 5 rings (SSSR count). The Morgan fingerprint density at radius 3 is 2.39 bits per heavy atom. The van der Waals surface area contributed by atoms with Gasteiger partial charge in [-0.15, -0.1) is 0 Å². The van der Waals surface area contributed by atoms with E-state index in [1.165, 1.54) is 31.4 Å². The van der Waals surface area contributed by atoms with Gasteiger partial charge in [-0.05, 0) is 74.6 Å². The summed E-state index contributed by atoms with van der Waals surface area (Å²) in [7, 11) is 0. The molecule has 3 aliphatic rings. The van der Waals surface area contributed by atoms with E-state index in [-0.39, 0.29) is 50.6 Å². The van der Waals surface area contributed by atoms with Crippen molar-refractivity contribution in [1.82, 2.24) is 16.0 Å². The molecule has 1 saturated carbocycles. The van der Waals surface area contributed by atoms with Gasteiger partial charge in [0.05, 0.1) is 18.8 Å². The number of alkyl carbamates (subject to hydrolysis) is 2. The molecule has 5 atom stereocenters. The third-order valence-electron chi connectivity index (χ3n) is 10.3. The zero-order chi connectivity index (χ0) is 38.2. The van der Waals surface area contributed by atoms with Crippen molar-refractivity contribution in [3.63, 3.8) is 0 Å². The van der Waals surface area contributed by atoms with Crippen molar-refractivity contribution in [2.24, 2.45) is 5.92 Å². The van der Waals surface area contributed by atoms with Crippen LogP contribution in [0.5, 0.6) is 0 Å². The molecule has 12 nitrogen and oxygen atoms in total. The van der Waals surface area contributed by atoms with Crippen LogP contribution in [0.25, 0.3) is 0 Å². The van der Waals surface area contributed by atoms with E-state index in [1.807, 2.05) is 30.3 Å². The molecule has 0 radical (unpaired) electrons. The number of carbonyl (C=O) groups is 4. The van der Waals surface area contributed by atoms with Crippen molar-refractivity contribution in [2.45, 2.75) is 127 Å². The van der Waals surface area contributed by atoms with Crippen LogP contribution >= 0.6 is 0 Å². The lowest BCUT2D eigenvalue weighted by Gasteiger charge is -2.47. The van der Waals surface area contributed by atoms with Crippen LogP contribution in [0.4, 0.5) is 14.0 Å². The Labute approximate surface area is 317 Å². The van der Waals surface area contributed by atoms with Gasteiger partial charge in [0.1, 0.15) is 24.6 Å². The Bertz CT molecular complexity index is 1490. The Balaban J connectivity index is 1.18. The first-order chi connectivity index (χ1) is 26.2. The topological polar surface area (TPSA) is 151 Å². The summed E-state index contributed by atoms with van der Waals surface area (Å²) >= 11 is 0. The highest BCUT2D eigenvalue weighted by Gasteiger charge is 2.47. The SMILES string of the molecule is CCOC(=O)[C@H](Cc1ccccc1)NC(=O)CCC1CC(OC(=O)NCCc2ccc(F)cc2)CC2(CCCC(COC(=O)NCC3CCCCC3)O2)O1. The number of halogens is 1. The summed E-state index contributed by atoms with van der Waals surface area (Å²) in [5.41, 5.74) is 1.76. The molecule has 0 aromatic heterocycles. The molecule has 296 valence electrons. The Morgan fingerprint density at radius 1 is 0.870 bits per heavy atom. The van der Waals surface area contributed by atoms with E-state index < -0.39 is 48.3 Å². The smallest absolute Gasteiger partial charge is 0.407 e. The van der Waals surface area contributed by atoms with Crippen LogP contribution in [0.2, 0.25) is 0 Å². The normalized spacial score (nSPS) is 23.5. The number of esters is 1. The summed E-state index contributed by atoms with van der Waals surface area (Å²) in [6.07, 6.45) is 6.95. The van der Waals surface area contributed by atoms with Crippen molar-refractivity contribution < 1.29 is 47.3 Å². The van der Waals surface area contributed by atoms with Crippen molar-refractivity contribution in [3.8, 4) is 0 Å². The first-order valence-electron chi connectivity index (χ1n) is 19.6. The number of hydrogen-bond donors (Lipinski definition) is 3. The number of ether oxygens (including phenoxy) is 5. The van der Waals surface area contributed by atoms with Gasteiger partial charge in [-0.25, -0.2) is 18.8 Å². The molecule has 3 N–H and O–H groups in total. The number of amides is 3. The number of carbonyl (C=O) groups excluding carboxylic acids is 4. The quantitative estimate of drug-likeness (QED) is 0.133. The average molecular weight is 754 g/mol. The lowest BCUT2D eigenvalue weighted by atomic mass is 9.89. The van der Waals surface area contributed by atoms with Crippen LogP contribution in [0.15, 0.2) is 54.6 Å². The van der Waals surface area contributed by atoms with E-state index in [1.54, 1.807) is 19.1 Å². The molecule has 2 aliphatic heterocycles. The van der Waals surface area contributed by atoms with E-state index in [0.717, 1.165) is 30.4 Å². The molecular formula is C41H56FN3O9. The molecule has 2 aromatic carbocycles. The molecule has 3 amide bonds. The standard InChI is InChI=1S/C41H56FN3O9/c1-2-50-38(47)36(24-30-10-5-3-6-11-30)45-37(46)20-19-33-25-35(52-40(49)43-23-21-29-15-17-32(42)18-16-29)26-41(53-33)22-9-14-34(54-41)28-51-39(48)44-27-31-12-7-4-8-13-31/h3,5-6,10-11,15-18,31,33-36H,2,4,7-9,12-14,19-28H2,1H3,(H,43,49)(H,44,48)(H,45,46)/t33?,34?,35?,36-,41?/m0/s1. The van der Waals surface area contributed by atoms with E-state index in [0.29, 0.717) is 44.7 Å². The zero-order valence-electron chi connectivity index (χ0n) is 31.4. The fourth-order valence-electron chi connectivity index (χ4n) is 7.60. The highest BCUT2D eigenvalue weighted by molar-refractivity contribution is 5.84. The summed E-state index contributed by atoms with van der Waals surface area (Å²) in [6, 6.07) is 14.6. The zero-order valence-corrected chi connectivity index (χ0v) is 31.4. The molecular weight excluding hydrogens is 697 g/mol. The largest absolute Gasteiger partial charge is 0.464 e. The van der Waals surface area contributed by atoms with Crippen LogP contribution in [-0.4, -0.2) is 80.5 Å². The number of benzene rings is 2. The molecule has 1 spiro atoms. The minimum atomic E-state index is -1.11. The second-order valence-electron chi connectivity index (χ2n) is 14.6. The van der Waals surface area contributed by atoms with Crippen molar-refractivity contribution in [3.05, 3.63) is 71.5 Å². The summed E-state index contributed by atoms with van der Waals surface area (Å²) < 4.78 is 43.1. The van der Waals surface area contributed by atoms with Gasteiger partial charge >= 0.3 is 18.2 Å². The average Bonchev–Trinajstić information content (AvgIpc) is 3.17. The molecule has 2 aromatic rings. The molecule has 54 heavy (non-hydrogen) atoms. The van der Waals surface area contributed by atoms with Crippen LogP contribution in [0.1, 0.15) is 95.1 Å². The van der Waals surface area contributed by atoms with Gasteiger partial charge in [-0.3, -0.25) is 4.79 Å². The molecule has 4 unspecified atom stereocenters. The summed E-state index contributed by atoms with van der Waals surface area (Å²) in [5, 5.41) is 8.52. The molecule has 2 saturated heterocycles. The maximum absolute atomic E-state index is 13.3. The van der Waals surface area contributed by atoms with Crippen LogP contribution in [0.3, 0.4) is 0 Å². The second kappa shape index (κ2) is 21.0. The van der Waals surface area contributed by atoms with Crippen LogP contribution < -0.4 is 16.0 Å². The van der Waals surface area contributed by atoms with E-state index in [2.05, 4.69) is 16.0 Å². The van der Waals surface area contributed by atoms with Gasteiger partial charge in [0, 0.05) is 45.2 Å². The van der Waals surface area contributed by atoms with Crippen LogP contribution in [-0.2, 0) is 46.1 Å². The lowest BCUT2D eigenvalue weighted by molar-refractivity contribution is -0.329. The van der Waals surface area contributed by atoms with E-state index in [4.69, 9.17) is 23.7 Å². The first-order valence-corrected chi connectivity index (χ1v) is 19.6. The molecule has 2 heterocycles. The highest BCUT2D eigenvalue weighted by atomic mass is 19.1. The lowest BCUT2D eigenvalue weighted by Crippen LogP contribution is -2.54. The van der Waals surface area contributed by atoms with Crippen molar-refractivity contribution in [2.75, 3.05) is 26.3 Å². The van der Waals surface area contributed by atoms with Crippen molar-refractivity contribution >= 4 is 24.1 Å². The first kappa shape index (κ1) is 40.9. The van der Waals surface area contributed by atoms with Gasteiger partial charge in [-0.1, -0.05) is 61.7 Å². The maximum Gasteiger partial charge on any atom is 0.407 e. The Hall–Kier alpha value is -4.23. The molecule has 1 aliphatic carbocycles. The van der Waals surface area contributed by atoms with Gasteiger partial charge in [-0.2, -0.15) is 0 Å². The fraction of sp³-hybridized carbons (Fsp3) is 0.610. The van der Waals surface area contributed by atoms with Crippen molar-refractivity contribution in [1.29, 1.82) is 0 Å². The number of hydrogen-bond acceptors (Lipinski definition) is 9. The van der Waals surface area contributed by atoms with E-state index >= 15 is 0 Å². The second-order valence-corrected chi connectivity index (χ2v) is 14.6. The van der Waals surface area contributed by atoms with E-state index in [9.17, 15) is 23.6 Å². The predicted octanol–water partition coefficient (Wildman–Crippen LogP) is 6.28.